The maximum atomic E-state index is 13.0. The van der Waals surface area contributed by atoms with Gasteiger partial charge in [-0.15, -0.1) is 0 Å². The molecule has 2 aromatic rings. The summed E-state index contributed by atoms with van der Waals surface area (Å²) in [4.78, 5) is 25.3. The molecule has 0 spiro atoms. The first-order valence-corrected chi connectivity index (χ1v) is 9.61. The van der Waals surface area contributed by atoms with Crippen molar-refractivity contribution < 1.29 is 9.18 Å². The van der Waals surface area contributed by atoms with Crippen LogP contribution in [0.5, 0.6) is 0 Å². The monoisotopic (exact) mass is 369 g/mol. The van der Waals surface area contributed by atoms with Crippen LogP contribution in [0.25, 0.3) is 0 Å². The number of hydrogen-bond acceptors (Lipinski definition) is 3. The van der Waals surface area contributed by atoms with E-state index in [1.165, 1.54) is 36.0 Å². The van der Waals surface area contributed by atoms with Crippen molar-refractivity contribution in [1.82, 2.24) is 9.88 Å². The topological polar surface area (TPSA) is 63.1 Å². The number of anilines is 1. The zero-order valence-electron chi connectivity index (χ0n) is 15.2. The number of nitrogens with one attached hydrogen (secondary N) is 2. The third-order valence-corrected chi connectivity index (χ3v) is 5.72. The summed E-state index contributed by atoms with van der Waals surface area (Å²) in [6.45, 7) is 0.328. The van der Waals surface area contributed by atoms with Crippen molar-refractivity contribution in [3.8, 4) is 0 Å². The molecule has 1 saturated heterocycles. The van der Waals surface area contributed by atoms with Crippen molar-refractivity contribution in [2.45, 2.75) is 50.7 Å². The third kappa shape index (κ3) is 3.95. The average molecular weight is 369 g/mol. The summed E-state index contributed by atoms with van der Waals surface area (Å²) in [6, 6.07) is 9.61. The lowest BCUT2D eigenvalue weighted by Gasteiger charge is -2.24. The molecule has 5 nitrogen and oxygen atoms in total. The van der Waals surface area contributed by atoms with Gasteiger partial charge >= 0.3 is 0 Å². The SMILES string of the molecule is O=C(Nc1cccn(Cc2ccc(F)cc2)c1=O)C1CC2CCCCC2N1. The molecule has 0 radical (unpaired) electrons. The highest BCUT2D eigenvalue weighted by Gasteiger charge is 2.38. The van der Waals surface area contributed by atoms with E-state index in [9.17, 15) is 14.0 Å². The molecule has 2 fully saturated rings. The van der Waals surface area contributed by atoms with Gasteiger partial charge in [-0.3, -0.25) is 9.59 Å². The van der Waals surface area contributed by atoms with E-state index in [-0.39, 0.29) is 29.0 Å². The molecule has 2 heterocycles. The maximum absolute atomic E-state index is 13.0. The largest absolute Gasteiger partial charge is 0.320 e. The summed E-state index contributed by atoms with van der Waals surface area (Å²) >= 11 is 0. The number of benzene rings is 1. The number of carbonyl (C=O) groups is 1. The van der Waals surface area contributed by atoms with Gasteiger partial charge in [0.1, 0.15) is 11.5 Å². The van der Waals surface area contributed by atoms with Crippen LogP contribution in [0.2, 0.25) is 0 Å². The van der Waals surface area contributed by atoms with E-state index in [0.717, 1.165) is 18.4 Å². The Balaban J connectivity index is 1.45. The normalized spacial score (nSPS) is 24.4. The Morgan fingerprint density at radius 3 is 2.74 bits per heavy atom. The predicted octanol–water partition coefficient (Wildman–Crippen LogP) is 2.89. The molecule has 4 rings (SSSR count). The first-order valence-electron chi connectivity index (χ1n) is 9.61. The molecule has 27 heavy (non-hydrogen) atoms. The quantitative estimate of drug-likeness (QED) is 0.871. The molecule has 1 saturated carbocycles. The summed E-state index contributed by atoms with van der Waals surface area (Å²) in [5, 5.41) is 6.24. The summed E-state index contributed by atoms with van der Waals surface area (Å²) < 4.78 is 14.6. The van der Waals surface area contributed by atoms with Crippen molar-refractivity contribution in [2.24, 2.45) is 5.92 Å². The van der Waals surface area contributed by atoms with E-state index in [1.807, 2.05) is 0 Å². The van der Waals surface area contributed by atoms with Crippen LogP contribution in [0.15, 0.2) is 47.4 Å². The van der Waals surface area contributed by atoms with Gasteiger partial charge in [-0.2, -0.15) is 0 Å². The second-order valence-corrected chi connectivity index (χ2v) is 7.58. The highest BCUT2D eigenvalue weighted by Crippen LogP contribution is 2.33. The summed E-state index contributed by atoms with van der Waals surface area (Å²) in [5.74, 6) is 0.123. The van der Waals surface area contributed by atoms with Gasteiger partial charge in [-0.25, -0.2) is 4.39 Å². The molecule has 0 bridgehead atoms. The summed E-state index contributed by atoms with van der Waals surface area (Å²) in [6.07, 6.45) is 7.28. The fourth-order valence-corrected chi connectivity index (χ4v) is 4.28. The maximum Gasteiger partial charge on any atom is 0.274 e. The molecule has 1 amide bonds. The lowest BCUT2D eigenvalue weighted by atomic mass is 9.85. The van der Waals surface area contributed by atoms with E-state index >= 15 is 0 Å². The van der Waals surface area contributed by atoms with E-state index in [0.29, 0.717) is 18.5 Å². The standard InChI is InChI=1S/C21H24FN3O2/c22-16-9-7-14(8-10-16)13-25-11-3-6-18(21(25)27)24-20(26)19-12-15-4-1-2-5-17(15)23-19/h3,6-11,15,17,19,23H,1-2,4-5,12-13H2,(H,24,26). The summed E-state index contributed by atoms with van der Waals surface area (Å²) in [5.41, 5.74) is 0.843. The van der Waals surface area contributed by atoms with Gasteiger partial charge in [0.15, 0.2) is 0 Å². The Morgan fingerprint density at radius 1 is 1.19 bits per heavy atom. The van der Waals surface area contributed by atoms with E-state index in [2.05, 4.69) is 10.6 Å². The van der Waals surface area contributed by atoms with Gasteiger partial charge in [0.05, 0.1) is 12.6 Å². The van der Waals surface area contributed by atoms with Crippen LogP contribution < -0.4 is 16.2 Å². The number of carbonyl (C=O) groups excluding carboxylic acids is 1. The van der Waals surface area contributed by atoms with Gasteiger partial charge in [0, 0.05) is 12.2 Å². The molecule has 1 aromatic heterocycles. The predicted molar refractivity (Wildman–Crippen MR) is 102 cm³/mol. The first-order chi connectivity index (χ1) is 13.1. The Morgan fingerprint density at radius 2 is 1.96 bits per heavy atom. The van der Waals surface area contributed by atoms with E-state index < -0.39 is 0 Å². The highest BCUT2D eigenvalue weighted by atomic mass is 19.1. The third-order valence-electron chi connectivity index (χ3n) is 5.72. The molecule has 1 aliphatic heterocycles. The molecule has 2 N–H and O–H groups in total. The molecule has 6 heteroatoms. The van der Waals surface area contributed by atoms with Crippen molar-refractivity contribution >= 4 is 11.6 Å². The lowest BCUT2D eigenvalue weighted by Crippen LogP contribution is -2.41. The van der Waals surface area contributed by atoms with Gasteiger partial charge in [0.25, 0.3) is 5.56 Å². The van der Waals surface area contributed by atoms with Crippen LogP contribution in [0.1, 0.15) is 37.7 Å². The minimum absolute atomic E-state index is 0.138. The lowest BCUT2D eigenvalue weighted by molar-refractivity contribution is -0.117. The molecular weight excluding hydrogens is 345 g/mol. The minimum Gasteiger partial charge on any atom is -0.320 e. The van der Waals surface area contributed by atoms with Gasteiger partial charge in [-0.05, 0) is 55.0 Å². The number of amides is 1. The van der Waals surface area contributed by atoms with Crippen LogP contribution in [-0.4, -0.2) is 22.6 Å². The number of rotatable bonds is 4. The second kappa shape index (κ2) is 7.64. The first kappa shape index (κ1) is 17.9. The minimum atomic E-state index is -0.309. The molecule has 142 valence electrons. The fraction of sp³-hybridized carbons (Fsp3) is 0.429. The van der Waals surface area contributed by atoms with Crippen molar-refractivity contribution in [3.05, 3.63) is 64.3 Å². The zero-order chi connectivity index (χ0) is 18.8. The highest BCUT2D eigenvalue weighted by molar-refractivity contribution is 5.94. The van der Waals surface area contributed by atoms with E-state index in [4.69, 9.17) is 0 Å². The van der Waals surface area contributed by atoms with Gasteiger partial charge < -0.3 is 15.2 Å². The molecular formula is C21H24FN3O2. The van der Waals surface area contributed by atoms with Gasteiger partial charge in [-0.1, -0.05) is 25.0 Å². The molecule has 1 aliphatic carbocycles. The molecule has 1 aromatic carbocycles. The molecule has 2 aliphatic rings. The van der Waals surface area contributed by atoms with Crippen LogP contribution in [0.4, 0.5) is 10.1 Å². The number of halogens is 1. The van der Waals surface area contributed by atoms with Gasteiger partial charge in [0.2, 0.25) is 5.91 Å². The number of aromatic nitrogens is 1. The summed E-state index contributed by atoms with van der Waals surface area (Å²) in [7, 11) is 0. The fourth-order valence-electron chi connectivity index (χ4n) is 4.28. The van der Waals surface area contributed by atoms with Crippen molar-refractivity contribution in [3.63, 3.8) is 0 Å². The van der Waals surface area contributed by atoms with Crippen molar-refractivity contribution in [1.29, 1.82) is 0 Å². The van der Waals surface area contributed by atoms with E-state index in [1.54, 1.807) is 30.5 Å². The number of pyridine rings is 1. The smallest absolute Gasteiger partial charge is 0.274 e. The second-order valence-electron chi connectivity index (χ2n) is 7.58. The Hall–Kier alpha value is -2.47. The van der Waals surface area contributed by atoms with Crippen LogP contribution >= 0.6 is 0 Å². The Bertz CT molecular complexity index is 864. The van der Waals surface area contributed by atoms with Crippen molar-refractivity contribution in [2.75, 3.05) is 5.32 Å². The molecule has 3 atom stereocenters. The van der Waals surface area contributed by atoms with Crippen LogP contribution in [-0.2, 0) is 11.3 Å². The Kier molecular flexibility index (Phi) is 5.07. The van der Waals surface area contributed by atoms with Crippen LogP contribution in [0, 0.1) is 11.7 Å². The molecule has 3 unspecified atom stereocenters. The Labute approximate surface area is 157 Å². The average Bonchev–Trinajstić information content (AvgIpc) is 3.11. The number of nitrogens with zero attached hydrogens (tertiary/aromatic N) is 1. The number of fused-ring (bicyclic) bond motifs is 1. The zero-order valence-corrected chi connectivity index (χ0v) is 15.2. The van der Waals surface area contributed by atoms with Crippen LogP contribution in [0.3, 0.4) is 0 Å². The number of hydrogen-bond donors (Lipinski definition) is 2.